The molecule has 0 fully saturated rings. The molecule has 1 aromatic heterocycles. The van der Waals surface area contributed by atoms with Crippen molar-refractivity contribution in [2.24, 2.45) is 0 Å². The van der Waals surface area contributed by atoms with Crippen molar-refractivity contribution in [1.29, 1.82) is 0 Å². The first-order valence-corrected chi connectivity index (χ1v) is 2.75. The van der Waals surface area contributed by atoms with E-state index in [-0.39, 0.29) is 6.47 Å². The maximum Gasteiger partial charge on any atom is 0.290 e. The van der Waals surface area contributed by atoms with Crippen molar-refractivity contribution in [3.05, 3.63) is 30.1 Å². The zero-order valence-corrected chi connectivity index (χ0v) is 5.69. The summed E-state index contributed by atoms with van der Waals surface area (Å²) in [6.07, 6.45) is 3.60. The number of carboxylic acid groups (broad SMARTS) is 1. The Kier molecular flexibility index (Phi) is 4.96. The zero-order chi connectivity index (χ0) is 7.82. The third-order valence-electron chi connectivity index (χ3n) is 0.809. The van der Waals surface area contributed by atoms with E-state index in [1.807, 2.05) is 25.3 Å². The molecular weight excluding hydrogens is 130 g/mol. The minimum Gasteiger partial charge on any atom is -0.483 e. The molecule has 1 aromatic rings. The molecule has 0 amide bonds. The number of nitrogens with zero attached hydrogens (tertiary/aromatic N) is 1. The Morgan fingerprint density at radius 1 is 1.70 bits per heavy atom. The van der Waals surface area contributed by atoms with E-state index in [4.69, 9.17) is 9.90 Å². The van der Waals surface area contributed by atoms with E-state index in [0.29, 0.717) is 0 Å². The van der Waals surface area contributed by atoms with E-state index < -0.39 is 0 Å². The molecule has 3 nitrogen and oxygen atoms in total. The predicted octanol–water partition coefficient (Wildman–Crippen LogP) is 1.09. The third kappa shape index (κ3) is 4.77. The normalized spacial score (nSPS) is 7.30. The van der Waals surface area contributed by atoms with Gasteiger partial charge < -0.3 is 5.11 Å². The SMILES string of the molecule is Cc1cccnc1.O=CO. The van der Waals surface area contributed by atoms with Gasteiger partial charge in [0.15, 0.2) is 0 Å². The fourth-order valence-electron chi connectivity index (χ4n) is 0.448. The molecule has 3 heteroatoms. The number of rotatable bonds is 0. The van der Waals surface area contributed by atoms with Gasteiger partial charge in [0.05, 0.1) is 0 Å². The van der Waals surface area contributed by atoms with Gasteiger partial charge in [0, 0.05) is 12.4 Å². The van der Waals surface area contributed by atoms with Crippen LogP contribution in [0.1, 0.15) is 5.56 Å². The largest absolute Gasteiger partial charge is 0.483 e. The average Bonchev–Trinajstić information content (AvgIpc) is 1.91. The van der Waals surface area contributed by atoms with E-state index in [9.17, 15) is 0 Å². The van der Waals surface area contributed by atoms with Crippen LogP contribution in [0.2, 0.25) is 0 Å². The standard InChI is InChI=1S/C6H7N.CH2O2/c1-6-3-2-4-7-5-6;2-1-3/h2-5H,1H3;1H,(H,2,3). The first-order chi connectivity index (χ1) is 4.81. The monoisotopic (exact) mass is 139 g/mol. The molecule has 1 rings (SSSR count). The van der Waals surface area contributed by atoms with Crippen LogP contribution in [0.3, 0.4) is 0 Å². The Hall–Kier alpha value is -1.38. The fourth-order valence-corrected chi connectivity index (χ4v) is 0.448. The van der Waals surface area contributed by atoms with Crippen LogP contribution in [0.5, 0.6) is 0 Å². The Morgan fingerprint density at radius 3 is 2.50 bits per heavy atom. The van der Waals surface area contributed by atoms with Gasteiger partial charge in [0.1, 0.15) is 0 Å². The second-order valence-electron chi connectivity index (χ2n) is 1.64. The molecule has 0 aromatic carbocycles. The third-order valence-corrected chi connectivity index (χ3v) is 0.809. The molecule has 10 heavy (non-hydrogen) atoms. The average molecular weight is 139 g/mol. The molecule has 0 bridgehead atoms. The number of pyridine rings is 1. The smallest absolute Gasteiger partial charge is 0.290 e. The highest BCUT2D eigenvalue weighted by molar-refractivity contribution is 5.32. The Balaban J connectivity index is 0.000000236. The maximum absolute atomic E-state index is 8.36. The fraction of sp³-hybridized carbons (Fsp3) is 0.143. The lowest BCUT2D eigenvalue weighted by Crippen LogP contribution is -1.69. The zero-order valence-electron chi connectivity index (χ0n) is 5.69. The van der Waals surface area contributed by atoms with Crippen LogP contribution in [-0.2, 0) is 4.79 Å². The molecule has 0 aliphatic rings. The van der Waals surface area contributed by atoms with Gasteiger partial charge in [-0.25, -0.2) is 0 Å². The van der Waals surface area contributed by atoms with Crippen molar-refractivity contribution in [3.8, 4) is 0 Å². The molecule has 0 unspecified atom stereocenters. The maximum atomic E-state index is 8.36. The number of aryl methyl sites for hydroxylation is 1. The second kappa shape index (κ2) is 5.75. The quantitative estimate of drug-likeness (QED) is 0.547. The van der Waals surface area contributed by atoms with Crippen molar-refractivity contribution in [1.82, 2.24) is 4.98 Å². The lowest BCUT2D eigenvalue weighted by Gasteiger charge is -1.82. The highest BCUT2D eigenvalue weighted by atomic mass is 16.3. The van der Waals surface area contributed by atoms with Gasteiger partial charge in [-0.2, -0.15) is 0 Å². The highest BCUT2D eigenvalue weighted by Gasteiger charge is 1.73. The molecule has 0 radical (unpaired) electrons. The summed E-state index contributed by atoms with van der Waals surface area (Å²) in [5.41, 5.74) is 1.21. The van der Waals surface area contributed by atoms with Crippen molar-refractivity contribution in [3.63, 3.8) is 0 Å². The molecule has 0 saturated carbocycles. The molecule has 1 N–H and O–H groups in total. The minimum atomic E-state index is -0.250. The van der Waals surface area contributed by atoms with E-state index >= 15 is 0 Å². The van der Waals surface area contributed by atoms with Gasteiger partial charge in [-0.15, -0.1) is 0 Å². The number of carbonyl (C=O) groups is 1. The molecule has 54 valence electrons. The Morgan fingerprint density at radius 2 is 2.30 bits per heavy atom. The highest BCUT2D eigenvalue weighted by Crippen LogP contribution is 1.88. The summed E-state index contributed by atoms with van der Waals surface area (Å²) in [6, 6.07) is 3.95. The van der Waals surface area contributed by atoms with E-state index in [1.165, 1.54) is 5.56 Å². The second-order valence-corrected chi connectivity index (χ2v) is 1.64. The predicted molar refractivity (Wildman–Crippen MR) is 37.7 cm³/mol. The van der Waals surface area contributed by atoms with Crippen molar-refractivity contribution in [2.75, 3.05) is 0 Å². The van der Waals surface area contributed by atoms with E-state index in [1.54, 1.807) is 6.20 Å². The van der Waals surface area contributed by atoms with Crippen LogP contribution in [0.15, 0.2) is 24.5 Å². The molecule has 0 atom stereocenters. The van der Waals surface area contributed by atoms with Crippen molar-refractivity contribution >= 4 is 6.47 Å². The van der Waals surface area contributed by atoms with Gasteiger partial charge in [-0.05, 0) is 18.6 Å². The van der Waals surface area contributed by atoms with Gasteiger partial charge in [-0.3, -0.25) is 9.78 Å². The summed E-state index contributed by atoms with van der Waals surface area (Å²) in [5, 5.41) is 6.89. The van der Waals surface area contributed by atoms with Crippen LogP contribution in [-0.4, -0.2) is 16.6 Å². The topological polar surface area (TPSA) is 50.2 Å². The summed E-state index contributed by atoms with van der Waals surface area (Å²) in [4.78, 5) is 12.2. The van der Waals surface area contributed by atoms with Crippen LogP contribution in [0.4, 0.5) is 0 Å². The lowest BCUT2D eigenvalue weighted by atomic mass is 10.3. The Bertz CT molecular complexity index is 174. The van der Waals surface area contributed by atoms with Crippen molar-refractivity contribution < 1.29 is 9.90 Å². The lowest BCUT2D eigenvalue weighted by molar-refractivity contribution is -0.122. The number of hydrogen-bond acceptors (Lipinski definition) is 2. The molecular formula is C7H9NO2. The molecule has 0 aliphatic carbocycles. The molecule has 0 spiro atoms. The van der Waals surface area contributed by atoms with E-state index in [2.05, 4.69) is 4.98 Å². The summed E-state index contributed by atoms with van der Waals surface area (Å²) in [6.45, 7) is 1.77. The summed E-state index contributed by atoms with van der Waals surface area (Å²) in [7, 11) is 0. The van der Waals surface area contributed by atoms with Crippen molar-refractivity contribution in [2.45, 2.75) is 6.92 Å². The molecule has 0 saturated heterocycles. The molecule has 1 heterocycles. The van der Waals surface area contributed by atoms with Crippen LogP contribution < -0.4 is 0 Å². The van der Waals surface area contributed by atoms with Gasteiger partial charge in [0.2, 0.25) is 0 Å². The van der Waals surface area contributed by atoms with E-state index in [0.717, 1.165) is 0 Å². The van der Waals surface area contributed by atoms with Crippen LogP contribution in [0.25, 0.3) is 0 Å². The van der Waals surface area contributed by atoms with Crippen LogP contribution in [0, 0.1) is 6.92 Å². The summed E-state index contributed by atoms with van der Waals surface area (Å²) in [5.74, 6) is 0. The van der Waals surface area contributed by atoms with Gasteiger partial charge >= 0.3 is 0 Å². The summed E-state index contributed by atoms with van der Waals surface area (Å²) < 4.78 is 0. The van der Waals surface area contributed by atoms with Crippen LogP contribution >= 0.6 is 0 Å². The minimum absolute atomic E-state index is 0.250. The van der Waals surface area contributed by atoms with Gasteiger partial charge in [0.25, 0.3) is 6.47 Å². The first-order valence-electron chi connectivity index (χ1n) is 2.75. The van der Waals surface area contributed by atoms with Gasteiger partial charge in [-0.1, -0.05) is 6.07 Å². The first kappa shape index (κ1) is 8.62. The molecule has 0 aliphatic heterocycles. The number of aromatic nitrogens is 1. The Labute approximate surface area is 59.3 Å². The summed E-state index contributed by atoms with van der Waals surface area (Å²) >= 11 is 0. The number of hydrogen-bond donors (Lipinski definition) is 1.